The minimum Gasteiger partial charge on any atom is -0.464 e. The van der Waals surface area contributed by atoms with Gasteiger partial charge in [-0.15, -0.1) is 0 Å². The number of hydrogen-bond donors (Lipinski definition) is 1. The quantitative estimate of drug-likeness (QED) is 0.689. The zero-order valence-corrected chi connectivity index (χ0v) is 13.7. The lowest BCUT2D eigenvalue weighted by molar-refractivity contribution is -0.152. The first kappa shape index (κ1) is 18.4. The molecule has 0 saturated heterocycles. The van der Waals surface area contributed by atoms with Crippen LogP contribution in [-0.2, 0) is 9.53 Å². The average Bonchev–Trinajstić information content (AvgIpc) is 2.21. The van der Waals surface area contributed by atoms with E-state index in [2.05, 4.69) is 39.6 Å². The molecule has 0 aliphatic heterocycles. The molecule has 0 aromatic heterocycles. The first-order valence-corrected chi connectivity index (χ1v) is 7.09. The maximum atomic E-state index is 11.6. The van der Waals surface area contributed by atoms with E-state index in [-0.39, 0.29) is 11.4 Å². The van der Waals surface area contributed by atoms with Crippen LogP contribution in [0.1, 0.15) is 48.0 Å². The fourth-order valence-corrected chi connectivity index (χ4v) is 1.73. The first-order valence-electron chi connectivity index (χ1n) is 7.09. The Morgan fingerprint density at radius 1 is 1.26 bits per heavy atom. The summed E-state index contributed by atoms with van der Waals surface area (Å²) in [5.41, 5.74) is 4.77. The molecule has 0 heterocycles. The van der Waals surface area contributed by atoms with Crippen molar-refractivity contribution in [3.63, 3.8) is 0 Å². The third-order valence-corrected chi connectivity index (χ3v) is 2.97. The van der Waals surface area contributed by atoms with Crippen LogP contribution in [0.2, 0.25) is 0 Å². The molecule has 0 fully saturated rings. The largest absolute Gasteiger partial charge is 0.464 e. The van der Waals surface area contributed by atoms with Crippen molar-refractivity contribution in [3.8, 4) is 0 Å². The summed E-state index contributed by atoms with van der Waals surface area (Å²) in [5.74, 6) is 0.333. The number of nitrogens with zero attached hydrogens (tertiary/aromatic N) is 1. The molecule has 4 nitrogen and oxygen atoms in total. The summed E-state index contributed by atoms with van der Waals surface area (Å²) in [6.45, 7) is 14.5. The van der Waals surface area contributed by atoms with Gasteiger partial charge in [0.05, 0.1) is 6.61 Å². The number of nitrogens with two attached hydrogens (primary N) is 1. The van der Waals surface area contributed by atoms with Gasteiger partial charge in [-0.1, -0.05) is 27.7 Å². The van der Waals surface area contributed by atoms with Crippen LogP contribution in [-0.4, -0.2) is 43.2 Å². The minimum atomic E-state index is -0.912. The van der Waals surface area contributed by atoms with Gasteiger partial charge in [-0.3, -0.25) is 4.79 Å². The van der Waals surface area contributed by atoms with Crippen LogP contribution in [0.15, 0.2) is 0 Å². The van der Waals surface area contributed by atoms with Crippen LogP contribution in [0.3, 0.4) is 0 Å². The van der Waals surface area contributed by atoms with Crippen molar-refractivity contribution >= 4 is 5.97 Å². The summed E-state index contributed by atoms with van der Waals surface area (Å²) in [6.07, 6.45) is 0.995. The van der Waals surface area contributed by atoms with Gasteiger partial charge in [0, 0.05) is 12.0 Å². The Morgan fingerprint density at radius 2 is 1.79 bits per heavy atom. The summed E-state index contributed by atoms with van der Waals surface area (Å²) in [6, 6.07) is 0. The lowest BCUT2D eigenvalue weighted by Crippen LogP contribution is -2.44. The highest BCUT2D eigenvalue weighted by Crippen LogP contribution is 2.22. The van der Waals surface area contributed by atoms with Gasteiger partial charge in [-0.05, 0) is 39.8 Å². The second kappa shape index (κ2) is 7.25. The molecule has 0 saturated carbocycles. The molecular weight excluding hydrogens is 240 g/mol. The Morgan fingerprint density at radius 3 is 2.21 bits per heavy atom. The summed E-state index contributed by atoms with van der Waals surface area (Å²) >= 11 is 0. The van der Waals surface area contributed by atoms with Crippen molar-refractivity contribution < 1.29 is 9.53 Å². The molecule has 4 heteroatoms. The summed E-state index contributed by atoms with van der Waals surface area (Å²) in [7, 11) is 2.13. The maximum Gasteiger partial charge on any atom is 0.325 e. The smallest absolute Gasteiger partial charge is 0.325 e. The lowest BCUT2D eigenvalue weighted by atomic mass is 9.90. The van der Waals surface area contributed by atoms with E-state index < -0.39 is 5.54 Å². The van der Waals surface area contributed by atoms with Crippen molar-refractivity contribution in [1.82, 2.24) is 4.90 Å². The fourth-order valence-electron chi connectivity index (χ4n) is 1.73. The van der Waals surface area contributed by atoms with Gasteiger partial charge in [0.2, 0.25) is 0 Å². The Balaban J connectivity index is 4.09. The molecule has 0 radical (unpaired) electrons. The van der Waals surface area contributed by atoms with E-state index in [1.807, 2.05) is 0 Å². The molecule has 0 aromatic carbocycles. The van der Waals surface area contributed by atoms with Crippen molar-refractivity contribution in [2.75, 3.05) is 26.7 Å². The third kappa shape index (κ3) is 9.00. The molecule has 114 valence electrons. The lowest BCUT2D eigenvalue weighted by Gasteiger charge is -2.29. The third-order valence-electron chi connectivity index (χ3n) is 2.97. The number of ether oxygens (including phenoxy) is 1. The number of carbonyl (C=O) groups is 1. The second-order valence-electron chi connectivity index (χ2n) is 7.37. The van der Waals surface area contributed by atoms with Gasteiger partial charge in [0.25, 0.3) is 0 Å². The normalized spacial score (nSPS) is 13.2. The van der Waals surface area contributed by atoms with Crippen LogP contribution in [0.5, 0.6) is 0 Å². The highest BCUT2D eigenvalue weighted by atomic mass is 16.5. The van der Waals surface area contributed by atoms with Crippen LogP contribution >= 0.6 is 0 Å². The highest BCUT2D eigenvalue weighted by Gasteiger charge is 2.27. The Labute approximate surface area is 118 Å². The first-order chi connectivity index (χ1) is 8.44. The zero-order chi connectivity index (χ0) is 15.3. The molecule has 0 rings (SSSR count). The fraction of sp³-hybridized carbons (Fsp3) is 0.933. The standard InChI is InChI=1S/C15H32N2O2/c1-12(2)10-17(7)9-8-14(3,4)11-19-13(18)15(5,6)16/h12H,8-11,16H2,1-7H3. The number of carbonyl (C=O) groups excluding carboxylic acids is 1. The zero-order valence-electron chi connectivity index (χ0n) is 13.7. The number of hydrogen-bond acceptors (Lipinski definition) is 4. The Kier molecular flexibility index (Phi) is 7.01. The van der Waals surface area contributed by atoms with E-state index >= 15 is 0 Å². The SMILES string of the molecule is CC(C)CN(C)CCC(C)(C)COC(=O)C(C)(C)N. The predicted octanol–water partition coefficient (Wildman–Crippen LogP) is 2.27. The van der Waals surface area contributed by atoms with E-state index in [9.17, 15) is 4.79 Å². The average molecular weight is 272 g/mol. The molecule has 0 aliphatic carbocycles. The molecule has 19 heavy (non-hydrogen) atoms. The highest BCUT2D eigenvalue weighted by molar-refractivity contribution is 5.79. The van der Waals surface area contributed by atoms with Gasteiger partial charge < -0.3 is 15.4 Å². The molecule has 0 aliphatic rings. The second-order valence-corrected chi connectivity index (χ2v) is 7.37. The maximum absolute atomic E-state index is 11.6. The monoisotopic (exact) mass is 272 g/mol. The van der Waals surface area contributed by atoms with E-state index in [0.717, 1.165) is 19.5 Å². The molecule has 2 N–H and O–H groups in total. The van der Waals surface area contributed by atoms with Gasteiger partial charge in [-0.25, -0.2) is 0 Å². The van der Waals surface area contributed by atoms with E-state index in [1.54, 1.807) is 13.8 Å². The van der Waals surface area contributed by atoms with Gasteiger partial charge in [-0.2, -0.15) is 0 Å². The molecule has 0 unspecified atom stereocenters. The van der Waals surface area contributed by atoms with Crippen molar-refractivity contribution in [2.24, 2.45) is 17.1 Å². The Hall–Kier alpha value is -0.610. The molecule has 0 spiro atoms. The van der Waals surface area contributed by atoms with Crippen molar-refractivity contribution in [1.29, 1.82) is 0 Å². The summed E-state index contributed by atoms with van der Waals surface area (Å²) in [5, 5.41) is 0. The van der Waals surface area contributed by atoms with Crippen molar-refractivity contribution in [2.45, 2.75) is 53.5 Å². The molecule has 0 bridgehead atoms. The van der Waals surface area contributed by atoms with E-state index in [0.29, 0.717) is 12.5 Å². The van der Waals surface area contributed by atoms with Crippen LogP contribution < -0.4 is 5.73 Å². The number of rotatable bonds is 8. The van der Waals surface area contributed by atoms with Crippen LogP contribution in [0, 0.1) is 11.3 Å². The summed E-state index contributed by atoms with van der Waals surface area (Å²) < 4.78 is 5.30. The molecule has 0 amide bonds. The topological polar surface area (TPSA) is 55.6 Å². The molecule has 0 aromatic rings. The van der Waals surface area contributed by atoms with Gasteiger partial charge >= 0.3 is 5.97 Å². The minimum absolute atomic E-state index is 0.0217. The van der Waals surface area contributed by atoms with Crippen molar-refractivity contribution in [3.05, 3.63) is 0 Å². The molecule has 0 atom stereocenters. The van der Waals surface area contributed by atoms with E-state index in [4.69, 9.17) is 10.5 Å². The summed E-state index contributed by atoms with van der Waals surface area (Å²) in [4.78, 5) is 14.0. The Bertz CT molecular complexity index is 280. The van der Waals surface area contributed by atoms with E-state index in [1.165, 1.54) is 0 Å². The molecular formula is C15H32N2O2. The van der Waals surface area contributed by atoms with Gasteiger partial charge in [0.15, 0.2) is 0 Å². The number of esters is 1. The van der Waals surface area contributed by atoms with Gasteiger partial charge in [0.1, 0.15) is 5.54 Å². The van der Waals surface area contributed by atoms with Crippen LogP contribution in [0.4, 0.5) is 0 Å². The predicted molar refractivity (Wildman–Crippen MR) is 80.0 cm³/mol. The van der Waals surface area contributed by atoms with Crippen LogP contribution in [0.25, 0.3) is 0 Å².